The number of imidazole rings is 1. The maximum absolute atomic E-state index is 13.6. The largest absolute Gasteiger partial charge is 0.390 e. The Kier molecular flexibility index (Phi) is 6.32. The second kappa shape index (κ2) is 9.48. The second-order valence-electron chi connectivity index (χ2n) is 7.53. The first-order valence-electron chi connectivity index (χ1n) is 10.1. The number of pyridine rings is 1. The van der Waals surface area contributed by atoms with Gasteiger partial charge in [0.2, 0.25) is 0 Å². The molecule has 0 saturated carbocycles. The highest BCUT2D eigenvalue weighted by molar-refractivity contribution is 6.11. The van der Waals surface area contributed by atoms with Crippen LogP contribution in [0.5, 0.6) is 0 Å². The molecule has 3 heterocycles. The van der Waals surface area contributed by atoms with Crippen LogP contribution in [-0.4, -0.2) is 51.6 Å². The minimum atomic E-state index is -0.474. The molecule has 31 heavy (non-hydrogen) atoms. The van der Waals surface area contributed by atoms with Crippen LogP contribution in [0.2, 0.25) is 0 Å². The van der Waals surface area contributed by atoms with E-state index in [1.807, 2.05) is 24.3 Å². The highest BCUT2D eigenvalue weighted by Crippen LogP contribution is 2.18. The van der Waals surface area contributed by atoms with E-state index in [1.54, 1.807) is 0 Å². The number of carbonyl (C=O) groups is 1. The summed E-state index contributed by atoms with van der Waals surface area (Å²) >= 11 is 0. The number of aromatic nitrogens is 3. The molecular weight excluding hydrogens is 397 g/mol. The van der Waals surface area contributed by atoms with Gasteiger partial charge >= 0.3 is 0 Å². The zero-order valence-corrected chi connectivity index (χ0v) is 16.9. The molecule has 1 aliphatic heterocycles. The first-order valence-corrected chi connectivity index (χ1v) is 10.1. The van der Waals surface area contributed by atoms with Crippen molar-refractivity contribution in [3.63, 3.8) is 0 Å². The fourth-order valence-corrected chi connectivity index (χ4v) is 3.55. The average molecular weight is 421 g/mol. The van der Waals surface area contributed by atoms with E-state index in [0.29, 0.717) is 12.5 Å². The van der Waals surface area contributed by atoms with Crippen LogP contribution in [0.1, 0.15) is 11.5 Å². The van der Waals surface area contributed by atoms with Gasteiger partial charge in [-0.2, -0.15) is 0 Å². The summed E-state index contributed by atoms with van der Waals surface area (Å²) in [6, 6.07) is 10.8. The van der Waals surface area contributed by atoms with Crippen molar-refractivity contribution in [1.29, 1.82) is 5.41 Å². The molecule has 160 valence electrons. The zero-order chi connectivity index (χ0) is 21.6. The molecule has 0 radical (unpaired) electrons. The standard InChI is InChI=1S/C22H24FN7O/c23-17-4-3-7-26-20(17)11-27-22(31)16(8-24)10-25-9-15-12-30(13-15)14-21-28-18-5-1-2-6-19(18)29-21/h1-8,10,15,24-25H,9,11-14H2,(H,27,31)(H,28,29)/b16-10+,24-8?. The van der Waals surface area contributed by atoms with Crippen LogP contribution in [-0.2, 0) is 17.9 Å². The number of amides is 1. The van der Waals surface area contributed by atoms with E-state index in [1.165, 1.54) is 24.5 Å². The molecule has 8 nitrogen and oxygen atoms in total. The summed E-state index contributed by atoms with van der Waals surface area (Å²) in [5, 5.41) is 13.2. The van der Waals surface area contributed by atoms with E-state index in [9.17, 15) is 9.18 Å². The smallest absolute Gasteiger partial charge is 0.254 e. The summed E-state index contributed by atoms with van der Waals surface area (Å²) in [7, 11) is 0. The Balaban J connectivity index is 1.19. The molecule has 1 amide bonds. The van der Waals surface area contributed by atoms with Crippen molar-refractivity contribution < 1.29 is 9.18 Å². The molecule has 3 aromatic rings. The Morgan fingerprint density at radius 1 is 1.29 bits per heavy atom. The van der Waals surface area contributed by atoms with Crippen LogP contribution in [0.4, 0.5) is 4.39 Å². The van der Waals surface area contributed by atoms with E-state index in [0.717, 1.165) is 42.7 Å². The molecular formula is C22H24FN7O. The van der Waals surface area contributed by atoms with Crippen LogP contribution in [0.25, 0.3) is 11.0 Å². The molecule has 4 rings (SSSR count). The summed E-state index contributed by atoms with van der Waals surface area (Å²) in [6.45, 7) is 3.32. The lowest BCUT2D eigenvalue weighted by molar-refractivity contribution is -0.117. The molecule has 0 bridgehead atoms. The van der Waals surface area contributed by atoms with Crippen molar-refractivity contribution in [2.24, 2.45) is 5.92 Å². The molecule has 2 aromatic heterocycles. The van der Waals surface area contributed by atoms with Gasteiger partial charge in [-0.15, -0.1) is 0 Å². The first kappa shape index (κ1) is 20.7. The number of H-pyrrole nitrogens is 1. The van der Waals surface area contributed by atoms with Crippen molar-refractivity contribution in [1.82, 2.24) is 30.5 Å². The second-order valence-corrected chi connectivity index (χ2v) is 7.53. The monoisotopic (exact) mass is 421 g/mol. The number of aromatic amines is 1. The summed E-state index contributed by atoms with van der Waals surface area (Å²) in [4.78, 5) is 26.3. The Labute approximate surface area is 179 Å². The maximum atomic E-state index is 13.6. The van der Waals surface area contributed by atoms with Gasteiger partial charge in [0, 0.05) is 44.2 Å². The highest BCUT2D eigenvalue weighted by atomic mass is 19.1. The molecule has 1 aliphatic rings. The summed E-state index contributed by atoms with van der Waals surface area (Å²) in [5.74, 6) is 0.490. The van der Waals surface area contributed by atoms with Gasteiger partial charge in [-0.05, 0) is 24.3 Å². The Morgan fingerprint density at radius 3 is 2.90 bits per heavy atom. The van der Waals surface area contributed by atoms with E-state index >= 15 is 0 Å². The number of fused-ring (bicyclic) bond motifs is 1. The van der Waals surface area contributed by atoms with Crippen molar-refractivity contribution in [3.05, 3.63) is 71.7 Å². The molecule has 0 unspecified atom stereocenters. The van der Waals surface area contributed by atoms with E-state index in [-0.39, 0.29) is 17.8 Å². The van der Waals surface area contributed by atoms with E-state index < -0.39 is 11.7 Å². The predicted octanol–water partition coefficient (Wildman–Crippen LogP) is 1.97. The SMILES string of the molecule is N=C/C(=C\NCC1CN(Cc2nc3ccccc3[nH]2)C1)C(=O)NCc1ncccc1F. The van der Waals surface area contributed by atoms with Gasteiger partial charge in [-0.3, -0.25) is 14.7 Å². The van der Waals surface area contributed by atoms with Crippen molar-refractivity contribution in [2.75, 3.05) is 19.6 Å². The molecule has 0 aliphatic carbocycles. The number of likely N-dealkylation sites (tertiary alicyclic amines) is 1. The minimum Gasteiger partial charge on any atom is -0.390 e. The number of nitrogens with zero attached hydrogens (tertiary/aromatic N) is 3. The summed E-state index contributed by atoms with van der Waals surface area (Å²) in [5.41, 5.74) is 2.36. The number of nitrogens with one attached hydrogen (secondary N) is 4. The number of carbonyl (C=O) groups excluding carboxylic acids is 1. The van der Waals surface area contributed by atoms with Crippen LogP contribution in [0, 0.1) is 17.1 Å². The van der Waals surface area contributed by atoms with Gasteiger partial charge < -0.3 is 21.0 Å². The fourth-order valence-electron chi connectivity index (χ4n) is 3.55. The molecule has 9 heteroatoms. The number of rotatable bonds is 9. The van der Waals surface area contributed by atoms with Gasteiger partial charge in [0.15, 0.2) is 0 Å². The third-order valence-corrected chi connectivity index (χ3v) is 5.18. The quantitative estimate of drug-likeness (QED) is 0.312. The lowest BCUT2D eigenvalue weighted by Gasteiger charge is -2.38. The third-order valence-electron chi connectivity index (χ3n) is 5.18. The average Bonchev–Trinajstić information content (AvgIpc) is 3.16. The van der Waals surface area contributed by atoms with Gasteiger partial charge in [-0.25, -0.2) is 9.37 Å². The lowest BCUT2D eigenvalue weighted by Crippen LogP contribution is -2.49. The summed E-state index contributed by atoms with van der Waals surface area (Å²) < 4.78 is 13.6. The Morgan fingerprint density at radius 2 is 2.13 bits per heavy atom. The lowest BCUT2D eigenvalue weighted by atomic mass is 10.0. The first-order chi connectivity index (χ1) is 15.1. The molecule has 1 saturated heterocycles. The van der Waals surface area contributed by atoms with Crippen molar-refractivity contribution >= 4 is 23.2 Å². The van der Waals surface area contributed by atoms with Gasteiger partial charge in [0.05, 0.1) is 35.4 Å². The number of para-hydroxylation sites is 2. The van der Waals surface area contributed by atoms with Gasteiger partial charge in [-0.1, -0.05) is 12.1 Å². The van der Waals surface area contributed by atoms with Crippen LogP contribution >= 0.6 is 0 Å². The number of halogens is 1. The minimum absolute atomic E-state index is 0.0317. The maximum Gasteiger partial charge on any atom is 0.254 e. The molecule has 0 atom stereocenters. The normalized spacial score (nSPS) is 14.9. The Hall–Kier alpha value is -3.59. The van der Waals surface area contributed by atoms with Crippen LogP contribution < -0.4 is 10.6 Å². The number of hydrogen-bond donors (Lipinski definition) is 4. The van der Waals surface area contributed by atoms with E-state index in [4.69, 9.17) is 5.41 Å². The Bertz CT molecular complexity index is 1070. The zero-order valence-electron chi connectivity index (χ0n) is 16.9. The number of hydrogen-bond acceptors (Lipinski definition) is 6. The van der Waals surface area contributed by atoms with Gasteiger partial charge in [0.1, 0.15) is 11.6 Å². The summed E-state index contributed by atoms with van der Waals surface area (Å²) in [6.07, 6.45) is 3.97. The molecule has 4 N–H and O–H groups in total. The topological polar surface area (TPSA) is 110 Å². The van der Waals surface area contributed by atoms with Crippen LogP contribution in [0.15, 0.2) is 54.4 Å². The van der Waals surface area contributed by atoms with Crippen LogP contribution in [0.3, 0.4) is 0 Å². The number of benzene rings is 1. The van der Waals surface area contributed by atoms with Gasteiger partial charge in [0.25, 0.3) is 5.91 Å². The van der Waals surface area contributed by atoms with Crippen molar-refractivity contribution in [2.45, 2.75) is 13.1 Å². The highest BCUT2D eigenvalue weighted by Gasteiger charge is 2.26. The third kappa shape index (κ3) is 5.13. The van der Waals surface area contributed by atoms with Crippen molar-refractivity contribution in [3.8, 4) is 0 Å². The fraction of sp³-hybridized carbons (Fsp3) is 0.273. The molecule has 1 aromatic carbocycles. The molecule has 0 spiro atoms. The van der Waals surface area contributed by atoms with E-state index in [2.05, 4.69) is 30.5 Å². The molecule has 1 fully saturated rings. The predicted molar refractivity (Wildman–Crippen MR) is 116 cm³/mol.